The predicted molar refractivity (Wildman–Crippen MR) is 72.2 cm³/mol. The number of hydrogen-bond donors (Lipinski definition) is 1. The first-order valence-corrected chi connectivity index (χ1v) is 9.26. The van der Waals surface area contributed by atoms with Crippen LogP contribution < -0.4 is 4.72 Å². The van der Waals surface area contributed by atoms with Crippen molar-refractivity contribution in [3.05, 3.63) is 48.2 Å². The van der Waals surface area contributed by atoms with Gasteiger partial charge in [-0.15, -0.1) is 0 Å². The summed E-state index contributed by atoms with van der Waals surface area (Å²) in [6.07, 6.45) is 1.37. The molecule has 10 heteroatoms. The summed E-state index contributed by atoms with van der Waals surface area (Å²) in [5.74, 6) is -0.873. The maximum absolute atomic E-state index is 13.8. The number of sulfonamides is 1. The molecular weight excluding hydrogens is 345 g/mol. The van der Waals surface area contributed by atoms with Crippen LogP contribution in [0.4, 0.5) is 4.39 Å². The van der Waals surface area contributed by atoms with Crippen LogP contribution in [0.2, 0.25) is 0 Å². The van der Waals surface area contributed by atoms with Crippen molar-refractivity contribution in [3.8, 4) is 0 Å². The molecule has 114 valence electrons. The summed E-state index contributed by atoms with van der Waals surface area (Å²) in [6.45, 7) is -0.162. The van der Waals surface area contributed by atoms with Crippen LogP contribution in [0.3, 0.4) is 0 Å². The second-order valence-corrected chi connectivity index (χ2v) is 8.24. The zero-order valence-corrected chi connectivity index (χ0v) is 12.7. The zero-order valence-electron chi connectivity index (χ0n) is 10.3. The Morgan fingerprint density at radius 2 is 1.90 bits per heavy atom. The highest BCUT2D eigenvalue weighted by atomic mass is 35.7. The van der Waals surface area contributed by atoms with Crippen LogP contribution in [0.25, 0.3) is 0 Å². The molecule has 21 heavy (non-hydrogen) atoms. The lowest BCUT2D eigenvalue weighted by atomic mass is 10.3. The smallest absolute Gasteiger partial charge is 0.261 e. The highest BCUT2D eigenvalue weighted by Crippen LogP contribution is 2.21. The molecule has 0 amide bonds. The van der Waals surface area contributed by atoms with Crippen LogP contribution in [0.1, 0.15) is 5.76 Å². The van der Waals surface area contributed by atoms with Gasteiger partial charge in [-0.05, 0) is 30.3 Å². The van der Waals surface area contributed by atoms with E-state index >= 15 is 0 Å². The first-order valence-electron chi connectivity index (χ1n) is 5.46. The van der Waals surface area contributed by atoms with E-state index in [1.165, 1.54) is 6.26 Å². The molecule has 0 unspecified atom stereocenters. The summed E-state index contributed by atoms with van der Waals surface area (Å²) in [5, 5.41) is 0. The number of rotatable bonds is 5. The first-order chi connectivity index (χ1) is 9.70. The topological polar surface area (TPSA) is 93.5 Å². The van der Waals surface area contributed by atoms with Gasteiger partial charge in [0.25, 0.3) is 9.05 Å². The lowest BCUT2D eigenvalue weighted by Gasteiger charge is -2.07. The van der Waals surface area contributed by atoms with Gasteiger partial charge < -0.3 is 4.42 Å². The van der Waals surface area contributed by atoms with Gasteiger partial charge in [0, 0.05) is 10.7 Å². The SMILES string of the molecule is O=S(=O)(Cl)c1ccc(S(=O)(=O)NCc2ccco2)c(F)c1. The Balaban J connectivity index is 2.28. The molecule has 0 bridgehead atoms. The van der Waals surface area contributed by atoms with Crippen molar-refractivity contribution in [2.24, 2.45) is 0 Å². The molecule has 1 aromatic carbocycles. The largest absolute Gasteiger partial charge is 0.468 e. The quantitative estimate of drug-likeness (QED) is 0.827. The van der Waals surface area contributed by atoms with Crippen molar-refractivity contribution in [1.29, 1.82) is 0 Å². The highest BCUT2D eigenvalue weighted by Gasteiger charge is 2.22. The molecule has 0 fully saturated rings. The fourth-order valence-corrected chi connectivity index (χ4v) is 3.32. The monoisotopic (exact) mass is 353 g/mol. The van der Waals surface area contributed by atoms with Crippen molar-refractivity contribution < 1.29 is 25.6 Å². The summed E-state index contributed by atoms with van der Waals surface area (Å²) in [5.41, 5.74) is 0. The lowest BCUT2D eigenvalue weighted by molar-refractivity contribution is 0.496. The molecule has 0 aliphatic heterocycles. The van der Waals surface area contributed by atoms with Gasteiger partial charge in [0.15, 0.2) is 0 Å². The molecule has 0 spiro atoms. The van der Waals surface area contributed by atoms with Gasteiger partial charge >= 0.3 is 0 Å². The molecule has 6 nitrogen and oxygen atoms in total. The number of benzene rings is 1. The number of furan rings is 1. The van der Waals surface area contributed by atoms with E-state index < -0.39 is 34.7 Å². The Morgan fingerprint density at radius 1 is 1.19 bits per heavy atom. The zero-order chi connectivity index (χ0) is 15.7. The van der Waals surface area contributed by atoms with Crippen molar-refractivity contribution in [2.45, 2.75) is 16.3 Å². The Labute approximate surface area is 125 Å². The average Bonchev–Trinajstić information content (AvgIpc) is 2.88. The van der Waals surface area contributed by atoms with Crippen molar-refractivity contribution >= 4 is 29.8 Å². The number of nitrogens with one attached hydrogen (secondary N) is 1. The summed E-state index contributed by atoms with van der Waals surface area (Å²) in [6, 6.07) is 5.40. The third kappa shape index (κ3) is 3.82. The molecule has 0 saturated heterocycles. The predicted octanol–water partition coefficient (Wildman–Crippen LogP) is 1.82. The Kier molecular flexibility index (Phi) is 4.38. The summed E-state index contributed by atoms with van der Waals surface area (Å²) in [4.78, 5) is -1.20. The molecule has 0 aliphatic rings. The Bertz CT molecular complexity index is 847. The van der Waals surface area contributed by atoms with Gasteiger partial charge in [-0.1, -0.05) is 0 Å². The van der Waals surface area contributed by atoms with E-state index in [0.717, 1.165) is 12.1 Å². The maximum atomic E-state index is 13.8. The van der Waals surface area contributed by atoms with E-state index in [4.69, 9.17) is 15.1 Å². The molecule has 0 radical (unpaired) electrons. The van der Waals surface area contributed by atoms with Gasteiger partial charge in [0.1, 0.15) is 16.5 Å². The molecule has 2 rings (SSSR count). The van der Waals surface area contributed by atoms with E-state index in [1.54, 1.807) is 12.1 Å². The van der Waals surface area contributed by atoms with Gasteiger partial charge in [-0.25, -0.2) is 25.9 Å². The maximum Gasteiger partial charge on any atom is 0.261 e. The van der Waals surface area contributed by atoms with Crippen LogP contribution in [-0.4, -0.2) is 16.8 Å². The van der Waals surface area contributed by atoms with E-state index in [-0.39, 0.29) is 6.54 Å². The Hall–Kier alpha value is -1.42. The summed E-state index contributed by atoms with van der Waals surface area (Å²) in [7, 11) is -3.23. The normalized spacial score (nSPS) is 12.5. The van der Waals surface area contributed by atoms with Crippen molar-refractivity contribution in [1.82, 2.24) is 4.72 Å². The molecule has 2 aromatic rings. The van der Waals surface area contributed by atoms with Crippen LogP contribution in [0.15, 0.2) is 50.8 Å². The van der Waals surface area contributed by atoms with Crippen LogP contribution in [0.5, 0.6) is 0 Å². The van der Waals surface area contributed by atoms with E-state index in [2.05, 4.69) is 4.72 Å². The summed E-state index contributed by atoms with van der Waals surface area (Å²) >= 11 is 0. The highest BCUT2D eigenvalue weighted by molar-refractivity contribution is 8.13. The Morgan fingerprint density at radius 3 is 2.43 bits per heavy atom. The van der Waals surface area contributed by atoms with Crippen LogP contribution in [-0.2, 0) is 25.6 Å². The minimum absolute atomic E-state index is 0.162. The van der Waals surface area contributed by atoms with E-state index in [0.29, 0.717) is 11.8 Å². The van der Waals surface area contributed by atoms with Crippen LogP contribution >= 0.6 is 10.7 Å². The van der Waals surface area contributed by atoms with Gasteiger partial charge in [-0.2, -0.15) is 0 Å². The van der Waals surface area contributed by atoms with Gasteiger partial charge in [0.05, 0.1) is 17.7 Å². The third-order valence-corrected chi connectivity index (χ3v) is 5.28. The standard InChI is InChI=1S/C11H9ClFNO5S2/c12-20(15,16)9-3-4-11(10(13)6-9)21(17,18)14-7-8-2-1-5-19-8/h1-6,14H,7H2. The lowest BCUT2D eigenvalue weighted by Crippen LogP contribution is -2.24. The van der Waals surface area contributed by atoms with Crippen LogP contribution in [0, 0.1) is 5.82 Å². The molecule has 1 N–H and O–H groups in total. The third-order valence-electron chi connectivity index (χ3n) is 2.49. The molecule has 1 heterocycles. The second kappa shape index (κ2) is 5.76. The number of halogens is 2. The molecule has 1 aromatic heterocycles. The van der Waals surface area contributed by atoms with E-state index in [9.17, 15) is 21.2 Å². The second-order valence-electron chi connectivity index (χ2n) is 3.93. The fourth-order valence-electron chi connectivity index (χ4n) is 1.51. The molecular formula is C11H9ClFNO5S2. The van der Waals surface area contributed by atoms with Crippen molar-refractivity contribution in [2.75, 3.05) is 0 Å². The summed E-state index contributed by atoms with van der Waals surface area (Å²) < 4.78 is 66.8. The fraction of sp³-hybridized carbons (Fsp3) is 0.0909. The molecule has 0 aliphatic carbocycles. The number of hydrogen-bond acceptors (Lipinski definition) is 5. The first kappa shape index (κ1) is 16.0. The minimum Gasteiger partial charge on any atom is -0.468 e. The minimum atomic E-state index is -4.15. The molecule has 0 atom stereocenters. The van der Waals surface area contributed by atoms with Crippen molar-refractivity contribution in [3.63, 3.8) is 0 Å². The van der Waals surface area contributed by atoms with Gasteiger partial charge in [-0.3, -0.25) is 0 Å². The molecule has 0 saturated carbocycles. The van der Waals surface area contributed by atoms with Gasteiger partial charge in [0.2, 0.25) is 10.0 Å². The average molecular weight is 354 g/mol. The van der Waals surface area contributed by atoms with E-state index in [1.807, 2.05) is 0 Å².